The van der Waals surface area contributed by atoms with Gasteiger partial charge in [0.25, 0.3) is 0 Å². The van der Waals surface area contributed by atoms with Gasteiger partial charge in [0.1, 0.15) is 0 Å². The topological polar surface area (TPSA) is 15.3 Å². The maximum atomic E-state index is 3.78. The first-order valence-electron chi connectivity index (χ1n) is 8.79. The lowest BCUT2D eigenvalue weighted by Crippen LogP contribution is -2.45. The lowest BCUT2D eigenvalue weighted by Gasteiger charge is -2.33. The molecule has 1 N–H and O–H groups in total. The Hall–Kier alpha value is -0.0800. The number of rotatable bonds is 7. The number of nitrogens with one attached hydrogen (secondary N) is 1. The maximum Gasteiger partial charge on any atom is 0.0223 e. The quantitative estimate of drug-likeness (QED) is 0.756. The molecule has 2 fully saturated rings. The zero-order valence-corrected chi connectivity index (χ0v) is 13.2. The van der Waals surface area contributed by atoms with Crippen molar-refractivity contribution in [2.45, 2.75) is 71.3 Å². The second-order valence-corrected chi connectivity index (χ2v) is 6.77. The Balaban J connectivity index is 1.79. The largest absolute Gasteiger partial charge is 0.313 e. The average molecular weight is 266 g/mol. The van der Waals surface area contributed by atoms with Gasteiger partial charge >= 0.3 is 0 Å². The summed E-state index contributed by atoms with van der Waals surface area (Å²) in [5.74, 6) is 1.93. The Morgan fingerprint density at radius 1 is 1.11 bits per heavy atom. The van der Waals surface area contributed by atoms with Gasteiger partial charge in [-0.1, -0.05) is 39.5 Å². The molecular formula is C17H34N2. The third kappa shape index (κ3) is 4.75. The fraction of sp³-hybridized carbons (Fsp3) is 1.00. The Bertz CT molecular complexity index is 235. The summed E-state index contributed by atoms with van der Waals surface area (Å²) in [5, 5.41) is 3.78. The van der Waals surface area contributed by atoms with Crippen LogP contribution in [0, 0.1) is 11.8 Å². The Morgan fingerprint density at radius 2 is 1.89 bits per heavy atom. The maximum absolute atomic E-state index is 3.78. The molecule has 2 heteroatoms. The molecule has 1 saturated heterocycles. The van der Waals surface area contributed by atoms with Gasteiger partial charge in [-0.3, -0.25) is 0 Å². The smallest absolute Gasteiger partial charge is 0.0223 e. The lowest BCUT2D eigenvalue weighted by molar-refractivity contribution is 0.202. The van der Waals surface area contributed by atoms with Gasteiger partial charge in [0.15, 0.2) is 0 Å². The number of likely N-dealkylation sites (tertiary alicyclic amines) is 1. The van der Waals surface area contributed by atoms with Crippen LogP contribution < -0.4 is 5.32 Å². The molecule has 19 heavy (non-hydrogen) atoms. The molecule has 2 atom stereocenters. The second-order valence-electron chi connectivity index (χ2n) is 6.77. The molecule has 0 spiro atoms. The lowest BCUT2D eigenvalue weighted by atomic mass is 9.83. The van der Waals surface area contributed by atoms with E-state index in [0.29, 0.717) is 0 Å². The van der Waals surface area contributed by atoms with Crippen LogP contribution in [-0.2, 0) is 0 Å². The Kier molecular flexibility index (Phi) is 6.66. The van der Waals surface area contributed by atoms with Crippen molar-refractivity contribution < 1.29 is 0 Å². The summed E-state index contributed by atoms with van der Waals surface area (Å²) in [6.45, 7) is 9.74. The molecule has 0 aromatic rings. The van der Waals surface area contributed by atoms with Gasteiger partial charge in [-0.15, -0.1) is 0 Å². The van der Waals surface area contributed by atoms with Crippen LogP contribution in [0.3, 0.4) is 0 Å². The van der Waals surface area contributed by atoms with E-state index in [1.165, 1.54) is 71.0 Å². The molecule has 0 radical (unpaired) electrons. The average Bonchev–Trinajstić information content (AvgIpc) is 2.87. The Labute approximate surface area is 120 Å². The third-order valence-corrected chi connectivity index (χ3v) is 5.21. The van der Waals surface area contributed by atoms with E-state index < -0.39 is 0 Å². The highest BCUT2D eigenvalue weighted by atomic mass is 15.2. The fourth-order valence-corrected chi connectivity index (χ4v) is 4.18. The van der Waals surface area contributed by atoms with Crippen molar-refractivity contribution in [1.82, 2.24) is 10.2 Å². The van der Waals surface area contributed by atoms with Crippen molar-refractivity contribution in [2.24, 2.45) is 11.8 Å². The van der Waals surface area contributed by atoms with Gasteiger partial charge in [0, 0.05) is 19.1 Å². The fourth-order valence-electron chi connectivity index (χ4n) is 4.18. The van der Waals surface area contributed by atoms with E-state index in [2.05, 4.69) is 24.1 Å². The van der Waals surface area contributed by atoms with Crippen molar-refractivity contribution in [3.05, 3.63) is 0 Å². The summed E-state index contributed by atoms with van der Waals surface area (Å²) >= 11 is 0. The monoisotopic (exact) mass is 266 g/mol. The molecule has 2 nitrogen and oxygen atoms in total. The van der Waals surface area contributed by atoms with Crippen molar-refractivity contribution in [1.29, 1.82) is 0 Å². The molecule has 1 saturated carbocycles. The predicted octanol–water partition coefficient (Wildman–Crippen LogP) is 3.67. The summed E-state index contributed by atoms with van der Waals surface area (Å²) < 4.78 is 0. The first kappa shape index (κ1) is 15.3. The normalized spacial score (nSPS) is 27.8. The van der Waals surface area contributed by atoms with Crippen molar-refractivity contribution in [3.63, 3.8) is 0 Å². The third-order valence-electron chi connectivity index (χ3n) is 5.21. The van der Waals surface area contributed by atoms with Crippen LogP contribution in [0.25, 0.3) is 0 Å². The van der Waals surface area contributed by atoms with Gasteiger partial charge in [-0.25, -0.2) is 0 Å². The van der Waals surface area contributed by atoms with Gasteiger partial charge in [0.05, 0.1) is 0 Å². The zero-order valence-electron chi connectivity index (χ0n) is 13.2. The summed E-state index contributed by atoms with van der Waals surface area (Å²) in [5.41, 5.74) is 0. The van der Waals surface area contributed by atoms with E-state index in [4.69, 9.17) is 0 Å². The van der Waals surface area contributed by atoms with Crippen LogP contribution in [0.5, 0.6) is 0 Å². The van der Waals surface area contributed by atoms with E-state index in [1.54, 1.807) is 0 Å². The number of hydrogen-bond acceptors (Lipinski definition) is 2. The SMILES string of the molecule is CCCC1CCN(CC(NCC)C2CCCCC2)C1. The van der Waals surface area contributed by atoms with E-state index in [1.807, 2.05) is 0 Å². The standard InChI is InChI=1S/C17H34N2/c1-3-8-15-11-12-19(13-15)14-17(18-4-2)16-9-6-5-7-10-16/h15-18H,3-14H2,1-2H3. The molecular weight excluding hydrogens is 232 g/mol. The van der Waals surface area contributed by atoms with Crippen molar-refractivity contribution >= 4 is 0 Å². The second kappa shape index (κ2) is 8.26. The molecule has 1 aliphatic heterocycles. The van der Waals surface area contributed by atoms with E-state index in [0.717, 1.165) is 24.4 Å². The van der Waals surface area contributed by atoms with Crippen LogP contribution in [-0.4, -0.2) is 37.1 Å². The summed E-state index contributed by atoms with van der Waals surface area (Å²) in [4.78, 5) is 2.74. The molecule has 112 valence electrons. The summed E-state index contributed by atoms with van der Waals surface area (Å²) in [7, 11) is 0. The molecule has 0 aromatic carbocycles. The first-order chi connectivity index (χ1) is 9.33. The molecule has 0 aromatic heterocycles. The number of likely N-dealkylation sites (N-methyl/N-ethyl adjacent to an activating group) is 1. The predicted molar refractivity (Wildman–Crippen MR) is 83.5 cm³/mol. The molecule has 1 heterocycles. The van der Waals surface area contributed by atoms with Gasteiger partial charge in [-0.05, 0) is 50.6 Å². The van der Waals surface area contributed by atoms with Crippen molar-refractivity contribution in [3.8, 4) is 0 Å². The number of hydrogen-bond donors (Lipinski definition) is 1. The van der Waals surface area contributed by atoms with Crippen molar-refractivity contribution in [2.75, 3.05) is 26.2 Å². The van der Waals surface area contributed by atoms with Crippen LogP contribution in [0.1, 0.15) is 65.2 Å². The van der Waals surface area contributed by atoms with Gasteiger partial charge in [-0.2, -0.15) is 0 Å². The molecule has 0 bridgehead atoms. The highest BCUT2D eigenvalue weighted by molar-refractivity contribution is 4.85. The first-order valence-corrected chi connectivity index (χ1v) is 8.79. The molecule has 2 aliphatic rings. The molecule has 1 aliphatic carbocycles. The Morgan fingerprint density at radius 3 is 2.58 bits per heavy atom. The van der Waals surface area contributed by atoms with Gasteiger partial charge in [0.2, 0.25) is 0 Å². The molecule has 2 unspecified atom stereocenters. The number of nitrogens with zero attached hydrogens (tertiary/aromatic N) is 1. The van der Waals surface area contributed by atoms with E-state index in [9.17, 15) is 0 Å². The molecule has 0 amide bonds. The minimum atomic E-state index is 0.755. The van der Waals surface area contributed by atoms with Crippen LogP contribution in [0.4, 0.5) is 0 Å². The van der Waals surface area contributed by atoms with Crippen LogP contribution >= 0.6 is 0 Å². The van der Waals surface area contributed by atoms with Gasteiger partial charge < -0.3 is 10.2 Å². The minimum Gasteiger partial charge on any atom is -0.313 e. The highest BCUT2D eigenvalue weighted by Gasteiger charge is 2.28. The summed E-state index contributed by atoms with van der Waals surface area (Å²) in [6, 6.07) is 0.755. The minimum absolute atomic E-state index is 0.755. The van der Waals surface area contributed by atoms with Crippen LogP contribution in [0.2, 0.25) is 0 Å². The van der Waals surface area contributed by atoms with Crippen LogP contribution in [0.15, 0.2) is 0 Å². The zero-order chi connectivity index (χ0) is 13.5. The molecule has 2 rings (SSSR count). The highest BCUT2D eigenvalue weighted by Crippen LogP contribution is 2.28. The van der Waals surface area contributed by atoms with E-state index in [-0.39, 0.29) is 0 Å². The van der Waals surface area contributed by atoms with E-state index >= 15 is 0 Å². The summed E-state index contributed by atoms with van der Waals surface area (Å²) in [6.07, 6.45) is 11.6.